The zero-order valence-corrected chi connectivity index (χ0v) is 15.4. The summed E-state index contributed by atoms with van der Waals surface area (Å²) in [7, 11) is -3.89. The molecule has 1 saturated heterocycles. The van der Waals surface area contributed by atoms with Gasteiger partial charge >= 0.3 is 6.09 Å². The number of carbonyl (C=O) groups excluding carboxylic acids is 1. The Bertz CT molecular complexity index is 744. The summed E-state index contributed by atoms with van der Waals surface area (Å²) in [6.07, 6.45) is 1.05. The van der Waals surface area contributed by atoms with Crippen LogP contribution in [0.5, 0.6) is 0 Å². The number of amides is 1. The first-order chi connectivity index (χ1) is 11.5. The van der Waals surface area contributed by atoms with Gasteiger partial charge in [-0.2, -0.15) is 0 Å². The van der Waals surface area contributed by atoms with E-state index in [4.69, 9.17) is 4.74 Å². The van der Waals surface area contributed by atoms with Crippen molar-refractivity contribution in [2.75, 3.05) is 13.1 Å². The van der Waals surface area contributed by atoms with Gasteiger partial charge in [-0.15, -0.1) is 0 Å². The molecule has 1 aliphatic rings. The van der Waals surface area contributed by atoms with Crippen LogP contribution in [0.25, 0.3) is 0 Å². The van der Waals surface area contributed by atoms with Crippen LogP contribution < -0.4 is 0 Å². The summed E-state index contributed by atoms with van der Waals surface area (Å²) >= 11 is 0. The molecule has 1 amide bonds. The van der Waals surface area contributed by atoms with Crippen LogP contribution in [0.15, 0.2) is 23.1 Å². The smallest absolute Gasteiger partial charge is 0.410 e. The number of carbonyl (C=O) groups is 1. The fraction of sp³-hybridized carbons (Fsp3) is 0.588. The summed E-state index contributed by atoms with van der Waals surface area (Å²) < 4.78 is 57.4. The SMILES string of the molecule is CC(C)(C)OC(=O)N1CCCC[C@@H](S(=O)(=O)c2ccc(F)c(F)c2)C1. The number of likely N-dealkylation sites (tertiary alicyclic amines) is 1. The van der Waals surface area contributed by atoms with Crippen LogP contribution >= 0.6 is 0 Å². The van der Waals surface area contributed by atoms with Crippen molar-refractivity contribution in [3.63, 3.8) is 0 Å². The van der Waals surface area contributed by atoms with Crippen LogP contribution in [0.3, 0.4) is 0 Å². The van der Waals surface area contributed by atoms with Crippen molar-refractivity contribution >= 4 is 15.9 Å². The Hall–Kier alpha value is -1.70. The maximum absolute atomic E-state index is 13.4. The Kier molecular flexibility index (Phi) is 5.71. The normalized spacial score (nSPS) is 19.4. The molecule has 0 saturated carbocycles. The van der Waals surface area contributed by atoms with Gasteiger partial charge in [0.15, 0.2) is 21.5 Å². The highest BCUT2D eigenvalue weighted by molar-refractivity contribution is 7.92. The predicted octanol–water partition coefficient (Wildman–Crippen LogP) is 3.53. The number of ether oxygens (including phenoxy) is 1. The third kappa shape index (κ3) is 4.90. The zero-order valence-electron chi connectivity index (χ0n) is 14.6. The third-order valence-electron chi connectivity index (χ3n) is 3.94. The van der Waals surface area contributed by atoms with Gasteiger partial charge in [0.2, 0.25) is 0 Å². The maximum atomic E-state index is 13.4. The van der Waals surface area contributed by atoms with Crippen LogP contribution in [0.1, 0.15) is 40.0 Å². The number of halogens is 2. The minimum Gasteiger partial charge on any atom is -0.444 e. The number of sulfone groups is 1. The maximum Gasteiger partial charge on any atom is 0.410 e. The van der Waals surface area contributed by atoms with Crippen molar-refractivity contribution in [2.45, 2.75) is 55.8 Å². The van der Waals surface area contributed by atoms with E-state index in [2.05, 4.69) is 0 Å². The summed E-state index contributed by atoms with van der Waals surface area (Å²) in [5, 5.41) is -0.882. The number of benzene rings is 1. The highest BCUT2D eigenvalue weighted by atomic mass is 32.2. The Labute approximate surface area is 146 Å². The molecule has 0 bridgehead atoms. The number of hydrogen-bond acceptors (Lipinski definition) is 4. The molecule has 140 valence electrons. The van der Waals surface area contributed by atoms with Crippen molar-refractivity contribution in [3.05, 3.63) is 29.8 Å². The molecule has 1 aliphatic heterocycles. The van der Waals surface area contributed by atoms with Gasteiger partial charge in [0.1, 0.15) is 5.60 Å². The molecule has 1 aromatic rings. The first-order valence-electron chi connectivity index (χ1n) is 8.17. The van der Waals surface area contributed by atoms with Gasteiger partial charge in [-0.1, -0.05) is 6.42 Å². The average Bonchev–Trinajstić information content (AvgIpc) is 2.74. The van der Waals surface area contributed by atoms with Crippen molar-refractivity contribution in [1.29, 1.82) is 0 Å². The van der Waals surface area contributed by atoms with E-state index in [1.807, 2.05) is 0 Å². The van der Waals surface area contributed by atoms with Gasteiger partial charge in [0.25, 0.3) is 0 Å². The Balaban J connectivity index is 2.24. The zero-order chi connectivity index (χ0) is 18.8. The lowest BCUT2D eigenvalue weighted by atomic mass is 10.2. The lowest BCUT2D eigenvalue weighted by Gasteiger charge is -2.28. The summed E-state index contributed by atoms with van der Waals surface area (Å²) in [5.74, 6) is -2.31. The molecular weight excluding hydrogens is 352 g/mol. The molecule has 0 aromatic heterocycles. The van der Waals surface area contributed by atoms with Crippen molar-refractivity contribution in [2.24, 2.45) is 0 Å². The van der Waals surface area contributed by atoms with E-state index in [9.17, 15) is 22.0 Å². The van der Waals surface area contributed by atoms with Gasteiger partial charge in [-0.3, -0.25) is 0 Å². The molecule has 1 fully saturated rings. The molecule has 0 unspecified atom stereocenters. The van der Waals surface area contributed by atoms with E-state index in [1.54, 1.807) is 20.8 Å². The quantitative estimate of drug-likeness (QED) is 0.742. The molecule has 0 radical (unpaired) electrons. The second-order valence-electron chi connectivity index (χ2n) is 7.17. The van der Waals surface area contributed by atoms with Crippen molar-refractivity contribution in [1.82, 2.24) is 4.90 Å². The molecular formula is C17H23F2NO4S. The summed E-state index contributed by atoms with van der Waals surface area (Å²) in [6.45, 7) is 5.57. The largest absolute Gasteiger partial charge is 0.444 e. The van der Waals surface area contributed by atoms with Crippen LogP contribution in [0.4, 0.5) is 13.6 Å². The average molecular weight is 375 g/mol. The molecule has 2 rings (SSSR count). The van der Waals surface area contributed by atoms with Crippen LogP contribution in [0.2, 0.25) is 0 Å². The minimum absolute atomic E-state index is 0.0315. The molecule has 0 N–H and O–H groups in total. The third-order valence-corrected chi connectivity index (χ3v) is 6.11. The van der Waals surface area contributed by atoms with E-state index >= 15 is 0 Å². The van der Waals surface area contributed by atoms with Crippen LogP contribution in [-0.2, 0) is 14.6 Å². The van der Waals surface area contributed by atoms with Gasteiger partial charge < -0.3 is 9.64 Å². The lowest BCUT2D eigenvalue weighted by Crippen LogP contribution is -2.42. The molecule has 1 heterocycles. The van der Waals surface area contributed by atoms with E-state index in [1.165, 1.54) is 4.90 Å². The lowest BCUT2D eigenvalue weighted by molar-refractivity contribution is 0.0258. The Morgan fingerprint density at radius 2 is 1.88 bits per heavy atom. The standard InChI is InChI=1S/C17H23F2NO4S/c1-17(2,3)24-16(21)20-9-5-4-6-13(11-20)25(22,23)12-7-8-14(18)15(19)10-12/h7-8,10,13H,4-6,9,11H2,1-3H3/t13-/m1/s1. The fourth-order valence-electron chi connectivity index (χ4n) is 2.69. The number of nitrogens with zero attached hydrogens (tertiary/aromatic N) is 1. The van der Waals surface area contributed by atoms with Crippen LogP contribution in [0, 0.1) is 11.6 Å². The summed E-state index contributed by atoms with van der Waals surface area (Å²) in [4.78, 5) is 13.4. The van der Waals surface area contributed by atoms with E-state index in [0.29, 0.717) is 31.9 Å². The van der Waals surface area contributed by atoms with E-state index in [-0.39, 0.29) is 11.4 Å². The Morgan fingerprint density at radius 1 is 1.20 bits per heavy atom. The highest BCUT2D eigenvalue weighted by Crippen LogP contribution is 2.25. The van der Waals surface area contributed by atoms with Crippen molar-refractivity contribution in [3.8, 4) is 0 Å². The number of rotatable bonds is 2. The fourth-order valence-corrected chi connectivity index (χ4v) is 4.46. The van der Waals surface area contributed by atoms with Gasteiger partial charge in [0.05, 0.1) is 10.1 Å². The van der Waals surface area contributed by atoms with Crippen LogP contribution in [-0.4, -0.2) is 43.4 Å². The Morgan fingerprint density at radius 3 is 2.48 bits per heavy atom. The van der Waals surface area contributed by atoms with Gasteiger partial charge in [-0.25, -0.2) is 22.0 Å². The molecule has 8 heteroatoms. The second-order valence-corrected chi connectivity index (χ2v) is 9.39. The molecule has 25 heavy (non-hydrogen) atoms. The van der Waals surface area contributed by atoms with Crippen molar-refractivity contribution < 1.29 is 26.7 Å². The summed E-state index contributed by atoms with van der Waals surface area (Å²) in [6, 6.07) is 2.54. The first kappa shape index (κ1) is 19.6. The van der Waals surface area contributed by atoms with E-state index < -0.39 is 38.4 Å². The van der Waals surface area contributed by atoms with Gasteiger partial charge in [0, 0.05) is 13.1 Å². The monoisotopic (exact) mass is 375 g/mol. The van der Waals surface area contributed by atoms with E-state index in [0.717, 1.165) is 12.1 Å². The summed E-state index contributed by atoms with van der Waals surface area (Å²) in [5.41, 5.74) is -0.683. The second kappa shape index (κ2) is 7.27. The van der Waals surface area contributed by atoms with Gasteiger partial charge in [-0.05, 0) is 51.8 Å². The predicted molar refractivity (Wildman–Crippen MR) is 89.0 cm³/mol. The minimum atomic E-state index is -3.89. The highest BCUT2D eigenvalue weighted by Gasteiger charge is 2.34. The topological polar surface area (TPSA) is 63.7 Å². The molecule has 0 spiro atoms. The number of hydrogen-bond donors (Lipinski definition) is 0. The first-order valence-corrected chi connectivity index (χ1v) is 9.72. The molecule has 1 aromatic carbocycles. The molecule has 1 atom stereocenters. The molecule has 5 nitrogen and oxygen atoms in total. The molecule has 0 aliphatic carbocycles.